The molecule has 0 aliphatic rings. The zero-order valence-electron chi connectivity index (χ0n) is 12.9. The van der Waals surface area contributed by atoms with Crippen molar-refractivity contribution < 1.29 is 18.3 Å². The predicted molar refractivity (Wildman–Crippen MR) is 96.1 cm³/mol. The van der Waals surface area contributed by atoms with Gasteiger partial charge in [0.05, 0.1) is 17.0 Å². The number of benzene rings is 2. The molecule has 0 unspecified atom stereocenters. The van der Waals surface area contributed by atoms with E-state index in [-0.39, 0.29) is 16.5 Å². The van der Waals surface area contributed by atoms with Crippen molar-refractivity contribution >= 4 is 40.3 Å². The molecule has 0 saturated carbocycles. The fourth-order valence-corrected chi connectivity index (χ4v) is 2.31. The molecule has 0 spiro atoms. The molecule has 0 amide bonds. The van der Waals surface area contributed by atoms with E-state index in [1.165, 1.54) is 36.4 Å². The molecular weight excluding hydrogens is 375 g/mol. The van der Waals surface area contributed by atoms with Crippen molar-refractivity contribution in [1.29, 1.82) is 0 Å². The number of hydrazone groups is 1. The maximum Gasteiger partial charge on any atom is 0.418 e. The van der Waals surface area contributed by atoms with Crippen LogP contribution in [0, 0.1) is 0 Å². The van der Waals surface area contributed by atoms with Crippen molar-refractivity contribution in [1.82, 2.24) is 5.43 Å². The fourth-order valence-electron chi connectivity index (χ4n) is 1.98. The summed E-state index contributed by atoms with van der Waals surface area (Å²) in [5.74, 6) is -0.0336. The molecule has 0 saturated heterocycles. The summed E-state index contributed by atoms with van der Waals surface area (Å²) in [5, 5.41) is 16.5. The van der Waals surface area contributed by atoms with E-state index in [1.807, 2.05) is 0 Å². The number of para-hydroxylation sites is 1. The standard InChI is InChI=1S/C16H13ClF3N3OS/c1-9(11-8-10(17)6-7-14(11)24)22-23-15(25)21-13-5-3-2-4-12(13)16(18,19)20/h2-8,24H,1H3,(H2,21,23,25)/b22-9+. The highest BCUT2D eigenvalue weighted by atomic mass is 35.5. The monoisotopic (exact) mass is 387 g/mol. The Hall–Kier alpha value is -2.32. The third-order valence-electron chi connectivity index (χ3n) is 3.15. The fraction of sp³-hybridized carbons (Fsp3) is 0.125. The normalized spacial score (nSPS) is 12.0. The molecule has 0 heterocycles. The second-order valence-corrected chi connectivity index (χ2v) is 5.81. The van der Waals surface area contributed by atoms with Gasteiger partial charge in [-0.25, -0.2) is 0 Å². The Labute approximate surface area is 152 Å². The first-order chi connectivity index (χ1) is 11.7. The van der Waals surface area contributed by atoms with Gasteiger partial charge in [0.1, 0.15) is 5.75 Å². The molecule has 0 bridgehead atoms. The molecule has 0 aromatic heterocycles. The number of phenols is 1. The summed E-state index contributed by atoms with van der Waals surface area (Å²) in [6, 6.07) is 9.38. The Kier molecular flexibility index (Phi) is 5.86. The topological polar surface area (TPSA) is 56.7 Å². The zero-order valence-corrected chi connectivity index (χ0v) is 14.4. The van der Waals surface area contributed by atoms with Crippen LogP contribution in [-0.2, 0) is 6.18 Å². The smallest absolute Gasteiger partial charge is 0.418 e. The lowest BCUT2D eigenvalue weighted by atomic mass is 10.1. The van der Waals surface area contributed by atoms with E-state index in [2.05, 4.69) is 15.8 Å². The number of halogens is 4. The molecule has 0 atom stereocenters. The van der Waals surface area contributed by atoms with Crippen LogP contribution in [0.15, 0.2) is 47.6 Å². The third-order valence-corrected chi connectivity index (χ3v) is 3.58. The van der Waals surface area contributed by atoms with Gasteiger partial charge in [-0.1, -0.05) is 23.7 Å². The third kappa shape index (κ3) is 5.07. The Bertz CT molecular complexity index is 825. The van der Waals surface area contributed by atoms with Gasteiger partial charge in [0.2, 0.25) is 0 Å². The summed E-state index contributed by atoms with van der Waals surface area (Å²) in [7, 11) is 0. The minimum absolute atomic E-state index is 0.0336. The van der Waals surface area contributed by atoms with Crippen LogP contribution in [-0.4, -0.2) is 15.9 Å². The molecule has 0 fully saturated rings. The number of hydrogen-bond acceptors (Lipinski definition) is 3. The quantitative estimate of drug-likeness (QED) is 0.403. The highest BCUT2D eigenvalue weighted by molar-refractivity contribution is 7.80. The van der Waals surface area contributed by atoms with Crippen LogP contribution in [0.3, 0.4) is 0 Å². The van der Waals surface area contributed by atoms with Crippen LogP contribution in [0.25, 0.3) is 0 Å². The van der Waals surface area contributed by atoms with Gasteiger partial charge in [-0.05, 0) is 49.5 Å². The number of hydrogen-bond donors (Lipinski definition) is 3. The van der Waals surface area contributed by atoms with Crippen molar-refractivity contribution in [3.8, 4) is 5.75 Å². The molecular formula is C16H13ClF3N3OS. The van der Waals surface area contributed by atoms with E-state index in [0.29, 0.717) is 16.3 Å². The molecule has 132 valence electrons. The molecule has 4 nitrogen and oxygen atoms in total. The van der Waals surface area contributed by atoms with Gasteiger partial charge in [0.15, 0.2) is 5.11 Å². The summed E-state index contributed by atoms with van der Waals surface area (Å²) < 4.78 is 38.8. The van der Waals surface area contributed by atoms with Gasteiger partial charge in [0, 0.05) is 10.6 Å². The molecule has 2 rings (SSSR count). The van der Waals surface area contributed by atoms with Crippen molar-refractivity contribution in [2.45, 2.75) is 13.1 Å². The first-order valence-corrected chi connectivity index (χ1v) is 7.73. The molecule has 9 heteroatoms. The van der Waals surface area contributed by atoms with E-state index in [0.717, 1.165) is 6.07 Å². The molecule has 25 heavy (non-hydrogen) atoms. The summed E-state index contributed by atoms with van der Waals surface area (Å²) >= 11 is 10.8. The lowest BCUT2D eigenvalue weighted by Gasteiger charge is -2.14. The second-order valence-electron chi connectivity index (χ2n) is 4.97. The molecule has 3 N–H and O–H groups in total. The van der Waals surface area contributed by atoms with Crippen LogP contribution < -0.4 is 10.7 Å². The molecule has 2 aromatic carbocycles. The summed E-state index contributed by atoms with van der Waals surface area (Å²) in [5.41, 5.74) is 2.14. The van der Waals surface area contributed by atoms with Crippen molar-refractivity contribution in [2.75, 3.05) is 5.32 Å². The highest BCUT2D eigenvalue weighted by Crippen LogP contribution is 2.34. The highest BCUT2D eigenvalue weighted by Gasteiger charge is 2.33. The van der Waals surface area contributed by atoms with Crippen LogP contribution in [0.4, 0.5) is 18.9 Å². The molecule has 0 radical (unpaired) electrons. The second kappa shape index (κ2) is 7.71. The number of nitrogens with one attached hydrogen (secondary N) is 2. The van der Waals surface area contributed by atoms with Crippen molar-refractivity contribution in [3.63, 3.8) is 0 Å². The average molecular weight is 388 g/mol. The Morgan fingerprint density at radius 3 is 2.56 bits per heavy atom. The van der Waals surface area contributed by atoms with Crippen molar-refractivity contribution in [3.05, 3.63) is 58.6 Å². The largest absolute Gasteiger partial charge is 0.507 e. The maximum atomic E-state index is 12.9. The number of rotatable bonds is 3. The lowest BCUT2D eigenvalue weighted by molar-refractivity contribution is -0.136. The first-order valence-electron chi connectivity index (χ1n) is 6.95. The lowest BCUT2D eigenvalue weighted by Crippen LogP contribution is -2.26. The van der Waals surface area contributed by atoms with Crippen molar-refractivity contribution in [2.24, 2.45) is 5.10 Å². The number of anilines is 1. The molecule has 2 aromatic rings. The van der Waals surface area contributed by atoms with Gasteiger partial charge < -0.3 is 10.4 Å². The van der Waals surface area contributed by atoms with E-state index in [9.17, 15) is 18.3 Å². The van der Waals surface area contributed by atoms with Crippen LogP contribution in [0.5, 0.6) is 5.75 Å². The van der Waals surface area contributed by atoms with E-state index < -0.39 is 11.7 Å². The van der Waals surface area contributed by atoms with Gasteiger partial charge in [-0.3, -0.25) is 5.43 Å². The minimum Gasteiger partial charge on any atom is -0.507 e. The predicted octanol–water partition coefficient (Wildman–Crippen LogP) is 4.78. The Balaban J connectivity index is 2.12. The van der Waals surface area contributed by atoms with E-state index >= 15 is 0 Å². The van der Waals surface area contributed by atoms with Crippen LogP contribution >= 0.6 is 23.8 Å². The summed E-state index contributed by atoms with van der Waals surface area (Å²) in [6.45, 7) is 1.59. The Morgan fingerprint density at radius 2 is 1.88 bits per heavy atom. The number of alkyl halides is 3. The first kappa shape index (κ1) is 19.0. The molecule has 0 aliphatic heterocycles. The average Bonchev–Trinajstić information content (AvgIpc) is 2.54. The summed E-state index contributed by atoms with van der Waals surface area (Å²) in [4.78, 5) is 0. The number of thiocarbonyl (C=S) groups is 1. The van der Waals surface area contributed by atoms with E-state index in [4.69, 9.17) is 23.8 Å². The van der Waals surface area contributed by atoms with Gasteiger partial charge in [0.25, 0.3) is 0 Å². The summed E-state index contributed by atoms with van der Waals surface area (Å²) in [6.07, 6.45) is -4.51. The number of nitrogens with zero attached hydrogens (tertiary/aromatic N) is 1. The Morgan fingerprint density at radius 1 is 1.20 bits per heavy atom. The SMILES string of the molecule is C/C(=N\NC(=S)Nc1ccccc1C(F)(F)F)c1cc(Cl)ccc1O. The maximum absolute atomic E-state index is 12.9. The number of phenolic OH excluding ortho intramolecular Hbond substituents is 1. The van der Waals surface area contributed by atoms with Gasteiger partial charge >= 0.3 is 6.18 Å². The van der Waals surface area contributed by atoms with Gasteiger partial charge in [-0.2, -0.15) is 18.3 Å². The zero-order chi connectivity index (χ0) is 18.6. The number of aromatic hydroxyl groups is 1. The minimum atomic E-state index is -4.51. The van der Waals surface area contributed by atoms with Gasteiger partial charge in [-0.15, -0.1) is 0 Å². The van der Waals surface area contributed by atoms with Crippen LogP contribution in [0.2, 0.25) is 5.02 Å². The molecule has 0 aliphatic carbocycles. The van der Waals surface area contributed by atoms with E-state index in [1.54, 1.807) is 6.92 Å². The van der Waals surface area contributed by atoms with Crippen LogP contribution in [0.1, 0.15) is 18.1 Å².